The summed E-state index contributed by atoms with van der Waals surface area (Å²) in [6, 6.07) is 30.0. The van der Waals surface area contributed by atoms with Gasteiger partial charge < -0.3 is 19.5 Å². The molecule has 1 unspecified atom stereocenters. The molecule has 1 N–H and O–H groups in total. The fourth-order valence-corrected chi connectivity index (χ4v) is 7.07. The lowest BCUT2D eigenvalue weighted by atomic mass is 9.86. The average molecular weight is 775 g/mol. The highest BCUT2D eigenvalue weighted by molar-refractivity contribution is 7.13. The summed E-state index contributed by atoms with van der Waals surface area (Å²) in [6.45, 7) is 6.05. The third-order valence-corrected chi connectivity index (χ3v) is 10.4. The zero-order valence-corrected chi connectivity index (χ0v) is 32.0. The molecule has 0 aliphatic carbocycles. The highest BCUT2D eigenvalue weighted by atomic mass is 32.1. The summed E-state index contributed by atoms with van der Waals surface area (Å²) < 4.78 is 52.6. The molecule has 11 heteroatoms. The van der Waals surface area contributed by atoms with Crippen LogP contribution in [-0.4, -0.2) is 24.8 Å². The number of ether oxygens (including phenoxy) is 2. The maximum atomic E-state index is 13.4. The Morgan fingerprint density at radius 2 is 1.55 bits per heavy atom. The number of aliphatic hydroxyl groups excluding tert-OH is 1. The number of anilines is 1. The first-order valence-corrected chi connectivity index (χ1v) is 19.0. The molecule has 0 bridgehead atoms. The molecule has 1 atom stereocenters. The van der Waals surface area contributed by atoms with E-state index in [1.165, 1.54) is 23.5 Å². The van der Waals surface area contributed by atoms with E-state index in [9.17, 15) is 34.1 Å². The molecule has 2 heterocycles. The monoisotopic (exact) mass is 774 g/mol. The number of nitrogens with zero attached hydrogens (tertiary/aromatic N) is 4. The van der Waals surface area contributed by atoms with Crippen LogP contribution in [0, 0.1) is 34.0 Å². The van der Waals surface area contributed by atoms with E-state index in [2.05, 4.69) is 24.0 Å². The zero-order valence-electron chi connectivity index (χ0n) is 31.1. The molecular weight excluding hydrogens is 734 g/mol. The quantitative estimate of drug-likeness (QED) is 0.0890. The Balaban J connectivity index is 1.45. The number of unbranched alkanes of at least 4 members (excludes halogenated alkanes) is 2. The first-order valence-electron chi connectivity index (χ1n) is 18.2. The Kier molecular flexibility index (Phi) is 13.9. The van der Waals surface area contributed by atoms with Crippen LogP contribution in [0.2, 0.25) is 0 Å². The summed E-state index contributed by atoms with van der Waals surface area (Å²) in [4.78, 5) is 4.08. The van der Waals surface area contributed by atoms with Gasteiger partial charge in [0.05, 0.1) is 5.56 Å². The molecule has 0 radical (unpaired) electrons. The smallest absolute Gasteiger partial charge is 0.416 e. The van der Waals surface area contributed by atoms with Gasteiger partial charge in [-0.3, -0.25) is 0 Å². The lowest BCUT2D eigenvalue weighted by Gasteiger charge is -2.27. The first kappa shape index (κ1) is 41.1. The van der Waals surface area contributed by atoms with Crippen LogP contribution >= 0.6 is 11.3 Å². The minimum absolute atomic E-state index is 0.0495. The minimum Gasteiger partial charge on any atom is -0.488 e. The number of allylic oxidation sites excluding steroid dienone is 2. The van der Waals surface area contributed by atoms with Gasteiger partial charge in [-0.15, -0.1) is 11.3 Å². The summed E-state index contributed by atoms with van der Waals surface area (Å²) in [7, 11) is 0. The maximum absolute atomic E-state index is 13.4. The normalized spacial score (nSPS) is 15.4. The van der Waals surface area contributed by atoms with E-state index in [4.69, 9.17) is 9.47 Å². The lowest BCUT2D eigenvalue weighted by molar-refractivity contribution is -0.137. The summed E-state index contributed by atoms with van der Waals surface area (Å²) >= 11 is 1.47. The highest BCUT2D eigenvalue weighted by Crippen LogP contribution is 2.47. The van der Waals surface area contributed by atoms with Gasteiger partial charge in [0.2, 0.25) is 0 Å². The van der Waals surface area contributed by atoms with Crippen LogP contribution in [0.4, 0.5) is 18.9 Å². The fraction of sp³-hybridized carbons (Fsp3) is 0.267. The number of thiophene rings is 1. The Morgan fingerprint density at radius 1 is 0.875 bits per heavy atom. The van der Waals surface area contributed by atoms with Crippen molar-refractivity contribution in [3.63, 3.8) is 0 Å². The maximum Gasteiger partial charge on any atom is 0.416 e. The zero-order chi connectivity index (χ0) is 40.1. The Labute approximate surface area is 329 Å². The molecule has 0 saturated heterocycles. The van der Waals surface area contributed by atoms with E-state index >= 15 is 0 Å². The second-order valence-electron chi connectivity index (χ2n) is 13.2. The number of hydrogen-bond donors (Lipinski definition) is 1. The van der Waals surface area contributed by atoms with Gasteiger partial charge in [0, 0.05) is 52.3 Å². The van der Waals surface area contributed by atoms with E-state index in [-0.39, 0.29) is 17.9 Å². The van der Waals surface area contributed by atoms with Crippen molar-refractivity contribution < 1.29 is 27.8 Å². The summed E-state index contributed by atoms with van der Waals surface area (Å²) in [5.74, 6) is 0.518. The molecule has 7 nitrogen and oxygen atoms in total. The molecule has 1 aliphatic rings. The van der Waals surface area contributed by atoms with Crippen molar-refractivity contribution in [3.05, 3.63) is 145 Å². The summed E-state index contributed by atoms with van der Waals surface area (Å²) in [6.07, 6.45) is 6.59. The van der Waals surface area contributed by atoms with Crippen LogP contribution in [0.3, 0.4) is 0 Å². The van der Waals surface area contributed by atoms with Gasteiger partial charge in [-0.05, 0) is 91.9 Å². The largest absolute Gasteiger partial charge is 0.488 e. The second kappa shape index (κ2) is 19.0. The molecule has 1 aliphatic heterocycles. The van der Waals surface area contributed by atoms with E-state index in [1.54, 1.807) is 31.2 Å². The number of aliphatic hydroxyl groups is 1. The minimum atomic E-state index is -4.55. The lowest BCUT2D eigenvalue weighted by Crippen LogP contribution is -2.25. The fourth-order valence-electron chi connectivity index (χ4n) is 6.25. The number of alkyl halides is 3. The van der Waals surface area contributed by atoms with Gasteiger partial charge in [-0.25, -0.2) is 0 Å². The van der Waals surface area contributed by atoms with Crippen molar-refractivity contribution >= 4 is 35.3 Å². The molecule has 4 aromatic rings. The summed E-state index contributed by atoms with van der Waals surface area (Å²) in [5, 5.41) is 38.7. The van der Waals surface area contributed by atoms with Crippen molar-refractivity contribution in [1.29, 1.82) is 15.8 Å². The third kappa shape index (κ3) is 9.97. The average Bonchev–Trinajstić information content (AvgIpc) is 3.79. The van der Waals surface area contributed by atoms with Crippen LogP contribution in [0.5, 0.6) is 5.75 Å². The third-order valence-electron chi connectivity index (χ3n) is 9.35. The number of hydrogen-bond acceptors (Lipinski definition) is 8. The van der Waals surface area contributed by atoms with Gasteiger partial charge in [0.25, 0.3) is 0 Å². The van der Waals surface area contributed by atoms with Crippen molar-refractivity contribution in [1.82, 2.24) is 0 Å². The van der Waals surface area contributed by atoms with Crippen LogP contribution in [-0.2, 0) is 23.1 Å². The van der Waals surface area contributed by atoms with Gasteiger partial charge in [0.15, 0.2) is 16.9 Å². The molecule has 0 saturated carbocycles. The number of benzene rings is 3. The molecule has 0 amide bonds. The van der Waals surface area contributed by atoms with Crippen LogP contribution in [0.15, 0.2) is 113 Å². The second-order valence-corrected chi connectivity index (χ2v) is 14.4. The van der Waals surface area contributed by atoms with E-state index in [0.29, 0.717) is 17.7 Å². The van der Waals surface area contributed by atoms with Crippen LogP contribution in [0.25, 0.3) is 18.2 Å². The standard InChI is InChI=1S/C45H41F3N4O3S/c1-3-4-24-52(25-8-9-26-53)37-18-12-33(42(27-37)54-31-32-10-6-5-7-11-32)13-19-38-20-21-39(56-38)22-23-41-40(30-51)43(34(28-49)29-50)55-44(41,2)35-14-16-36(17-15-35)45(46,47)48/h5-7,10-23,27,53H,3-4,8-9,24-26,31H2,1-2H3/b19-13+,23-22+. The molecule has 56 heavy (non-hydrogen) atoms. The predicted molar refractivity (Wildman–Crippen MR) is 214 cm³/mol. The van der Waals surface area contributed by atoms with Crippen LogP contribution < -0.4 is 9.64 Å². The topological polar surface area (TPSA) is 113 Å². The first-order chi connectivity index (χ1) is 27.0. The molecule has 0 spiro atoms. The molecular formula is C45H41F3N4O3S. The van der Waals surface area contributed by atoms with Gasteiger partial charge in [-0.2, -0.15) is 29.0 Å². The molecule has 5 rings (SSSR count). The number of halogens is 3. The molecule has 286 valence electrons. The summed E-state index contributed by atoms with van der Waals surface area (Å²) in [5.41, 5.74) is 0.833. The van der Waals surface area contributed by atoms with E-state index in [1.807, 2.05) is 66.8 Å². The van der Waals surface area contributed by atoms with E-state index < -0.39 is 22.9 Å². The van der Waals surface area contributed by atoms with Crippen molar-refractivity contribution in [3.8, 4) is 24.0 Å². The van der Waals surface area contributed by atoms with Crippen LogP contribution in [0.1, 0.15) is 71.5 Å². The van der Waals surface area contributed by atoms with Gasteiger partial charge >= 0.3 is 6.18 Å². The Hall–Kier alpha value is -6.06. The Morgan fingerprint density at radius 3 is 2.18 bits per heavy atom. The van der Waals surface area contributed by atoms with Crippen molar-refractivity contribution in [2.24, 2.45) is 0 Å². The molecule has 0 fully saturated rings. The van der Waals surface area contributed by atoms with Gasteiger partial charge in [-0.1, -0.05) is 61.9 Å². The number of rotatable bonds is 16. The van der Waals surface area contributed by atoms with E-state index in [0.717, 1.165) is 83.2 Å². The van der Waals surface area contributed by atoms with Gasteiger partial charge in [0.1, 0.15) is 36.1 Å². The van der Waals surface area contributed by atoms with Crippen molar-refractivity contribution in [2.45, 2.75) is 57.9 Å². The molecule has 3 aromatic carbocycles. The highest BCUT2D eigenvalue weighted by Gasteiger charge is 2.44. The SMILES string of the molecule is CCCCN(CCCCO)c1ccc(/C=C/c2ccc(/C=C/C3=C(C#N)C(=C(C#N)C#N)OC3(C)c3ccc(C(F)(F)F)cc3)s2)c(OCc2ccccc2)c1. The molecule has 1 aromatic heterocycles. The van der Waals surface area contributed by atoms with Crippen molar-refractivity contribution in [2.75, 3.05) is 24.6 Å². The number of nitriles is 3. The Bertz CT molecular complexity index is 2220. The predicted octanol–water partition coefficient (Wildman–Crippen LogP) is 11.0.